The zero-order valence-corrected chi connectivity index (χ0v) is 13.4. The van der Waals surface area contributed by atoms with Crippen molar-refractivity contribution in [1.29, 1.82) is 5.26 Å². The fourth-order valence-corrected chi connectivity index (χ4v) is 2.76. The van der Waals surface area contributed by atoms with E-state index >= 15 is 0 Å². The van der Waals surface area contributed by atoms with Gasteiger partial charge in [-0.25, -0.2) is 4.79 Å². The third-order valence-corrected chi connectivity index (χ3v) is 3.98. The molecule has 0 aliphatic heterocycles. The number of nitriles is 1. The predicted octanol–water partition coefficient (Wildman–Crippen LogP) is 3.04. The Balaban J connectivity index is 1.89. The van der Waals surface area contributed by atoms with Crippen molar-refractivity contribution in [3.8, 4) is 6.07 Å². The van der Waals surface area contributed by atoms with Gasteiger partial charge in [0.25, 0.3) is 0 Å². The van der Waals surface area contributed by atoms with Crippen LogP contribution in [0.3, 0.4) is 0 Å². The second kappa shape index (κ2) is 7.59. The first-order valence-electron chi connectivity index (χ1n) is 6.83. The van der Waals surface area contributed by atoms with Crippen molar-refractivity contribution in [3.63, 3.8) is 0 Å². The molecule has 0 aliphatic carbocycles. The van der Waals surface area contributed by atoms with Gasteiger partial charge in [-0.1, -0.05) is 0 Å². The molecule has 0 aliphatic rings. The number of thiophene rings is 1. The molecule has 1 heterocycles. The minimum atomic E-state index is -0.258. The van der Waals surface area contributed by atoms with Crippen LogP contribution >= 0.6 is 11.3 Å². The molecule has 2 amide bonds. The van der Waals surface area contributed by atoms with Crippen LogP contribution in [0.25, 0.3) is 0 Å². The molecule has 0 unspecified atom stereocenters. The Morgan fingerprint density at radius 1 is 1.32 bits per heavy atom. The number of likely N-dealkylation sites (N-methyl/N-ethyl adjacent to an activating group) is 1. The molecule has 0 saturated carbocycles. The normalized spacial score (nSPS) is 11.7. The third kappa shape index (κ3) is 4.32. The second-order valence-electron chi connectivity index (χ2n) is 5.06. The summed E-state index contributed by atoms with van der Waals surface area (Å²) in [5, 5.41) is 18.5. The zero-order valence-electron chi connectivity index (χ0n) is 12.5. The lowest BCUT2D eigenvalue weighted by atomic mass is 10.1. The molecular formula is C16H18N4OS. The lowest BCUT2D eigenvalue weighted by molar-refractivity contribution is 0.243. The maximum absolute atomic E-state index is 12.0. The van der Waals surface area contributed by atoms with Crippen LogP contribution in [-0.4, -0.2) is 31.6 Å². The number of hydrogen-bond donors (Lipinski definition) is 2. The summed E-state index contributed by atoms with van der Waals surface area (Å²) in [6.07, 6.45) is 0. The molecular weight excluding hydrogens is 296 g/mol. The van der Waals surface area contributed by atoms with Crippen LogP contribution in [-0.2, 0) is 0 Å². The molecule has 0 radical (unpaired) electrons. The first kappa shape index (κ1) is 16.0. The lowest BCUT2D eigenvalue weighted by Crippen LogP contribution is -2.36. The number of amides is 2. The summed E-state index contributed by atoms with van der Waals surface area (Å²) in [5.74, 6) is 0. The SMILES string of the molecule is CN(C)[C@H](CNC(=O)Nc1ccc(C#N)cc1)c1ccsc1. The van der Waals surface area contributed by atoms with E-state index in [1.54, 1.807) is 35.6 Å². The molecule has 5 nitrogen and oxygen atoms in total. The maximum Gasteiger partial charge on any atom is 0.319 e. The van der Waals surface area contributed by atoms with Crippen LogP contribution in [0.15, 0.2) is 41.1 Å². The number of rotatable bonds is 5. The number of benzene rings is 1. The number of carbonyl (C=O) groups excluding carboxylic acids is 1. The standard InChI is InChI=1S/C16H18N4OS/c1-20(2)15(13-7-8-22-11-13)10-18-16(21)19-14-5-3-12(9-17)4-6-14/h3-8,11,15H,10H2,1-2H3,(H2,18,19,21)/t15-/m1/s1. The van der Waals surface area contributed by atoms with Gasteiger partial charge in [0.15, 0.2) is 0 Å². The van der Waals surface area contributed by atoms with Crippen LogP contribution in [0.2, 0.25) is 0 Å². The minimum Gasteiger partial charge on any atom is -0.336 e. The Morgan fingerprint density at radius 3 is 2.59 bits per heavy atom. The minimum absolute atomic E-state index is 0.137. The molecule has 0 fully saturated rings. The summed E-state index contributed by atoms with van der Waals surface area (Å²) in [6.45, 7) is 0.520. The van der Waals surface area contributed by atoms with Gasteiger partial charge in [0, 0.05) is 12.2 Å². The highest BCUT2D eigenvalue weighted by Gasteiger charge is 2.15. The van der Waals surface area contributed by atoms with E-state index in [1.807, 2.05) is 25.5 Å². The highest BCUT2D eigenvalue weighted by Crippen LogP contribution is 2.20. The monoisotopic (exact) mass is 314 g/mol. The average molecular weight is 314 g/mol. The molecule has 0 saturated heterocycles. The highest BCUT2D eigenvalue weighted by molar-refractivity contribution is 7.07. The van der Waals surface area contributed by atoms with Crippen LogP contribution in [0.4, 0.5) is 10.5 Å². The molecule has 114 valence electrons. The fraction of sp³-hybridized carbons (Fsp3) is 0.250. The first-order valence-corrected chi connectivity index (χ1v) is 7.78. The summed E-state index contributed by atoms with van der Waals surface area (Å²) in [5.41, 5.74) is 2.41. The number of hydrogen-bond acceptors (Lipinski definition) is 4. The number of urea groups is 1. The zero-order chi connectivity index (χ0) is 15.9. The van der Waals surface area contributed by atoms with Crippen molar-refractivity contribution in [1.82, 2.24) is 10.2 Å². The molecule has 22 heavy (non-hydrogen) atoms. The largest absolute Gasteiger partial charge is 0.336 e. The third-order valence-electron chi connectivity index (χ3n) is 3.28. The van der Waals surface area contributed by atoms with Crippen molar-refractivity contribution >= 4 is 23.1 Å². The van der Waals surface area contributed by atoms with E-state index in [2.05, 4.69) is 27.0 Å². The quantitative estimate of drug-likeness (QED) is 0.891. The highest BCUT2D eigenvalue weighted by atomic mass is 32.1. The first-order chi connectivity index (χ1) is 10.6. The van der Waals surface area contributed by atoms with Crippen molar-refractivity contribution in [2.75, 3.05) is 26.0 Å². The molecule has 6 heteroatoms. The van der Waals surface area contributed by atoms with Crippen LogP contribution < -0.4 is 10.6 Å². The van der Waals surface area contributed by atoms with Crippen LogP contribution in [0.1, 0.15) is 17.2 Å². The number of anilines is 1. The number of carbonyl (C=O) groups is 1. The summed E-state index contributed by atoms with van der Waals surface area (Å²) >= 11 is 1.64. The average Bonchev–Trinajstić information content (AvgIpc) is 3.02. The lowest BCUT2D eigenvalue weighted by Gasteiger charge is -2.24. The van der Waals surface area contributed by atoms with Gasteiger partial charge in [-0.05, 0) is 60.8 Å². The Labute approximate surface area is 134 Å². The van der Waals surface area contributed by atoms with E-state index in [0.29, 0.717) is 17.8 Å². The molecule has 0 bridgehead atoms. The van der Waals surface area contributed by atoms with E-state index < -0.39 is 0 Å². The number of nitrogens with one attached hydrogen (secondary N) is 2. The Morgan fingerprint density at radius 2 is 2.05 bits per heavy atom. The van der Waals surface area contributed by atoms with Gasteiger partial charge in [0.2, 0.25) is 0 Å². The molecule has 1 atom stereocenters. The van der Waals surface area contributed by atoms with Crippen molar-refractivity contribution in [3.05, 3.63) is 52.2 Å². The van der Waals surface area contributed by atoms with Gasteiger partial charge in [-0.15, -0.1) is 0 Å². The van der Waals surface area contributed by atoms with Gasteiger partial charge >= 0.3 is 6.03 Å². The smallest absolute Gasteiger partial charge is 0.319 e. The van der Waals surface area contributed by atoms with Crippen molar-refractivity contribution in [2.45, 2.75) is 6.04 Å². The summed E-state index contributed by atoms with van der Waals surface area (Å²) in [7, 11) is 3.98. The molecule has 2 rings (SSSR count). The topological polar surface area (TPSA) is 68.2 Å². The summed E-state index contributed by atoms with van der Waals surface area (Å²) < 4.78 is 0. The molecule has 1 aromatic carbocycles. The molecule has 2 aromatic rings. The van der Waals surface area contributed by atoms with Crippen molar-refractivity contribution < 1.29 is 4.79 Å². The van der Waals surface area contributed by atoms with Gasteiger partial charge < -0.3 is 15.5 Å². The maximum atomic E-state index is 12.0. The Hall–Kier alpha value is -2.36. The predicted molar refractivity (Wildman–Crippen MR) is 88.9 cm³/mol. The van der Waals surface area contributed by atoms with E-state index in [1.165, 1.54) is 5.56 Å². The summed E-state index contributed by atoms with van der Waals surface area (Å²) in [6, 6.07) is 10.7. The fourth-order valence-electron chi connectivity index (χ4n) is 2.06. The van der Waals surface area contributed by atoms with Gasteiger partial charge in [0.1, 0.15) is 0 Å². The van der Waals surface area contributed by atoms with Crippen LogP contribution in [0.5, 0.6) is 0 Å². The van der Waals surface area contributed by atoms with E-state index in [4.69, 9.17) is 5.26 Å². The van der Waals surface area contributed by atoms with E-state index in [-0.39, 0.29) is 12.1 Å². The van der Waals surface area contributed by atoms with Crippen molar-refractivity contribution in [2.24, 2.45) is 0 Å². The Kier molecular flexibility index (Phi) is 5.53. The van der Waals surface area contributed by atoms with Crippen LogP contribution in [0, 0.1) is 11.3 Å². The molecule has 1 aromatic heterocycles. The van der Waals surface area contributed by atoms with Gasteiger partial charge in [0.05, 0.1) is 17.7 Å². The second-order valence-corrected chi connectivity index (χ2v) is 5.84. The van der Waals surface area contributed by atoms with Gasteiger partial charge in [-0.2, -0.15) is 16.6 Å². The summed E-state index contributed by atoms with van der Waals surface area (Å²) in [4.78, 5) is 14.0. The molecule has 2 N–H and O–H groups in total. The molecule has 0 spiro atoms. The number of nitrogens with zero attached hydrogens (tertiary/aromatic N) is 2. The Bertz CT molecular complexity index is 644. The van der Waals surface area contributed by atoms with Gasteiger partial charge in [-0.3, -0.25) is 0 Å². The van der Waals surface area contributed by atoms with E-state index in [9.17, 15) is 4.79 Å². The van der Waals surface area contributed by atoms with E-state index in [0.717, 1.165) is 0 Å².